The zero-order valence-corrected chi connectivity index (χ0v) is 15.7. The van der Waals surface area contributed by atoms with Crippen molar-refractivity contribution in [3.8, 4) is 0 Å². The Kier molecular flexibility index (Phi) is 5.49. The molecule has 0 saturated carbocycles. The number of carbonyl (C=O) groups excluding carboxylic acids is 2. The van der Waals surface area contributed by atoms with Crippen molar-refractivity contribution < 1.29 is 9.59 Å². The van der Waals surface area contributed by atoms with Crippen LogP contribution < -0.4 is 10.6 Å². The maximum absolute atomic E-state index is 12.3. The van der Waals surface area contributed by atoms with Crippen LogP contribution in [0.25, 0.3) is 0 Å². The van der Waals surface area contributed by atoms with Gasteiger partial charge in [-0.25, -0.2) is 0 Å². The Morgan fingerprint density at radius 3 is 1.50 bits per heavy atom. The largest absolute Gasteiger partial charge is 0.322 e. The summed E-state index contributed by atoms with van der Waals surface area (Å²) in [7, 11) is 0. The molecule has 0 atom stereocenters. The van der Waals surface area contributed by atoms with Gasteiger partial charge < -0.3 is 10.6 Å². The van der Waals surface area contributed by atoms with E-state index >= 15 is 0 Å². The summed E-state index contributed by atoms with van der Waals surface area (Å²) >= 11 is 3.34. The van der Waals surface area contributed by atoms with Crippen LogP contribution in [0.4, 0.5) is 11.4 Å². The van der Waals surface area contributed by atoms with E-state index in [2.05, 4.69) is 26.6 Å². The first-order valence-corrected chi connectivity index (χ1v) is 8.85. The Morgan fingerprint density at radius 2 is 1.04 bits per heavy atom. The topological polar surface area (TPSA) is 58.2 Å². The van der Waals surface area contributed by atoms with Gasteiger partial charge in [-0.15, -0.1) is 0 Å². The second-order valence-electron chi connectivity index (χ2n) is 5.86. The molecule has 3 aromatic rings. The molecule has 130 valence electrons. The number of rotatable bonds is 4. The summed E-state index contributed by atoms with van der Waals surface area (Å²) in [5.41, 5.74) is 3.59. The number of benzene rings is 3. The highest BCUT2D eigenvalue weighted by Crippen LogP contribution is 2.15. The third kappa shape index (κ3) is 4.58. The van der Waals surface area contributed by atoms with E-state index in [1.165, 1.54) is 0 Å². The molecule has 0 radical (unpaired) electrons. The minimum atomic E-state index is -0.200. The van der Waals surface area contributed by atoms with E-state index < -0.39 is 0 Å². The van der Waals surface area contributed by atoms with Crippen molar-refractivity contribution in [2.45, 2.75) is 6.92 Å². The summed E-state index contributed by atoms with van der Waals surface area (Å²) in [5.74, 6) is -0.394. The van der Waals surface area contributed by atoms with Gasteiger partial charge in [0.05, 0.1) is 0 Å². The number of hydrogen-bond donors (Lipinski definition) is 2. The molecule has 0 unspecified atom stereocenters. The number of carbonyl (C=O) groups is 2. The summed E-state index contributed by atoms with van der Waals surface area (Å²) in [6.07, 6.45) is 0. The van der Waals surface area contributed by atoms with Gasteiger partial charge in [0.15, 0.2) is 0 Å². The quantitative estimate of drug-likeness (QED) is 0.618. The molecule has 4 nitrogen and oxygen atoms in total. The van der Waals surface area contributed by atoms with Crippen LogP contribution in [-0.2, 0) is 0 Å². The van der Waals surface area contributed by atoms with Crippen LogP contribution in [0, 0.1) is 6.92 Å². The average molecular weight is 409 g/mol. The van der Waals surface area contributed by atoms with E-state index in [-0.39, 0.29) is 11.8 Å². The first-order valence-electron chi connectivity index (χ1n) is 8.06. The first kappa shape index (κ1) is 17.9. The highest BCUT2D eigenvalue weighted by molar-refractivity contribution is 9.10. The van der Waals surface area contributed by atoms with Crippen LogP contribution in [0.3, 0.4) is 0 Å². The van der Waals surface area contributed by atoms with Gasteiger partial charge in [-0.2, -0.15) is 0 Å². The second kappa shape index (κ2) is 7.97. The van der Waals surface area contributed by atoms with Crippen LogP contribution in [0.15, 0.2) is 77.3 Å². The maximum atomic E-state index is 12.3. The van der Waals surface area contributed by atoms with E-state index in [9.17, 15) is 9.59 Å². The standard InChI is InChI=1S/C21H17BrN2O2/c1-14-2-10-18(11-3-14)23-21(26)16-6-12-19(13-7-16)24-20(25)15-4-8-17(22)9-5-15/h2-13H,1H3,(H,23,26)(H,24,25). The highest BCUT2D eigenvalue weighted by Gasteiger charge is 2.08. The van der Waals surface area contributed by atoms with Crippen molar-refractivity contribution in [1.82, 2.24) is 0 Å². The van der Waals surface area contributed by atoms with Crippen LogP contribution in [-0.4, -0.2) is 11.8 Å². The Balaban J connectivity index is 1.64. The molecule has 0 bridgehead atoms. The lowest BCUT2D eigenvalue weighted by atomic mass is 10.1. The molecule has 0 fully saturated rings. The third-order valence-electron chi connectivity index (χ3n) is 3.82. The van der Waals surface area contributed by atoms with Gasteiger partial charge in [0, 0.05) is 27.0 Å². The Morgan fingerprint density at radius 1 is 0.654 bits per heavy atom. The zero-order chi connectivity index (χ0) is 18.5. The normalized spacial score (nSPS) is 10.2. The predicted molar refractivity (Wildman–Crippen MR) is 108 cm³/mol. The highest BCUT2D eigenvalue weighted by atomic mass is 79.9. The lowest BCUT2D eigenvalue weighted by molar-refractivity contribution is 0.102. The second-order valence-corrected chi connectivity index (χ2v) is 6.77. The fourth-order valence-corrected chi connectivity index (χ4v) is 2.61. The van der Waals surface area contributed by atoms with Crippen molar-refractivity contribution >= 4 is 39.1 Å². The molecule has 0 saturated heterocycles. The third-order valence-corrected chi connectivity index (χ3v) is 4.35. The maximum Gasteiger partial charge on any atom is 0.255 e. The summed E-state index contributed by atoms with van der Waals surface area (Å²) in [6.45, 7) is 1.99. The number of aryl methyl sites for hydroxylation is 1. The first-order chi connectivity index (χ1) is 12.5. The summed E-state index contributed by atoms with van der Waals surface area (Å²) in [4.78, 5) is 24.5. The molecule has 0 heterocycles. The van der Waals surface area contributed by atoms with Crippen molar-refractivity contribution in [2.75, 3.05) is 10.6 Å². The van der Waals surface area contributed by atoms with E-state index in [0.717, 1.165) is 15.7 Å². The number of nitrogens with one attached hydrogen (secondary N) is 2. The summed E-state index contributed by atoms with van der Waals surface area (Å²) < 4.78 is 0.915. The van der Waals surface area contributed by atoms with Gasteiger partial charge >= 0.3 is 0 Å². The van der Waals surface area contributed by atoms with E-state index in [1.807, 2.05) is 43.3 Å². The van der Waals surface area contributed by atoms with Gasteiger partial charge in [-0.1, -0.05) is 33.6 Å². The minimum Gasteiger partial charge on any atom is -0.322 e. The number of hydrogen-bond acceptors (Lipinski definition) is 2. The molecule has 0 aliphatic carbocycles. The van der Waals surface area contributed by atoms with Crippen molar-refractivity contribution in [1.29, 1.82) is 0 Å². The average Bonchev–Trinajstić information content (AvgIpc) is 2.64. The predicted octanol–water partition coefficient (Wildman–Crippen LogP) is 5.26. The summed E-state index contributed by atoms with van der Waals surface area (Å²) in [5, 5.41) is 5.66. The number of anilines is 2. The molecular weight excluding hydrogens is 392 g/mol. The van der Waals surface area contributed by atoms with Crippen LogP contribution >= 0.6 is 15.9 Å². The van der Waals surface area contributed by atoms with Gasteiger partial charge in [0.1, 0.15) is 0 Å². The molecule has 26 heavy (non-hydrogen) atoms. The molecule has 2 amide bonds. The molecule has 0 spiro atoms. The Hall–Kier alpha value is -2.92. The van der Waals surface area contributed by atoms with E-state index in [1.54, 1.807) is 36.4 Å². The molecule has 0 aromatic heterocycles. The zero-order valence-electron chi connectivity index (χ0n) is 14.1. The molecule has 0 aliphatic heterocycles. The molecule has 2 N–H and O–H groups in total. The van der Waals surface area contributed by atoms with E-state index in [0.29, 0.717) is 16.8 Å². The van der Waals surface area contributed by atoms with Gasteiger partial charge in [0.25, 0.3) is 11.8 Å². The SMILES string of the molecule is Cc1ccc(NC(=O)c2ccc(NC(=O)c3ccc(Br)cc3)cc2)cc1. The van der Waals surface area contributed by atoms with Crippen LogP contribution in [0.1, 0.15) is 26.3 Å². The lowest BCUT2D eigenvalue weighted by Gasteiger charge is -2.08. The Bertz CT molecular complexity index is 918. The summed E-state index contributed by atoms with van der Waals surface area (Å²) in [6, 6.07) is 21.5. The van der Waals surface area contributed by atoms with Gasteiger partial charge in [-0.05, 0) is 67.6 Å². The Labute approximate surface area is 160 Å². The van der Waals surface area contributed by atoms with E-state index in [4.69, 9.17) is 0 Å². The molecule has 3 aromatic carbocycles. The van der Waals surface area contributed by atoms with Gasteiger partial charge in [0.2, 0.25) is 0 Å². The molecule has 5 heteroatoms. The monoisotopic (exact) mass is 408 g/mol. The van der Waals surface area contributed by atoms with Gasteiger partial charge in [-0.3, -0.25) is 9.59 Å². The molecular formula is C21H17BrN2O2. The molecule has 3 rings (SSSR count). The van der Waals surface area contributed by atoms with Crippen LogP contribution in [0.5, 0.6) is 0 Å². The van der Waals surface area contributed by atoms with Crippen LogP contribution in [0.2, 0.25) is 0 Å². The van der Waals surface area contributed by atoms with Crippen molar-refractivity contribution in [3.05, 3.63) is 94.0 Å². The lowest BCUT2D eigenvalue weighted by Crippen LogP contribution is -2.13. The number of amides is 2. The molecule has 0 aliphatic rings. The van der Waals surface area contributed by atoms with Crippen molar-refractivity contribution in [3.63, 3.8) is 0 Å². The minimum absolute atomic E-state index is 0.195. The fraction of sp³-hybridized carbons (Fsp3) is 0.0476. The smallest absolute Gasteiger partial charge is 0.255 e. The number of halogens is 1. The van der Waals surface area contributed by atoms with Crippen molar-refractivity contribution in [2.24, 2.45) is 0 Å². The fourth-order valence-electron chi connectivity index (χ4n) is 2.35.